The Hall–Kier alpha value is -1.83. The van der Waals surface area contributed by atoms with Gasteiger partial charge in [0.2, 0.25) is 0 Å². The standard InChI is InChI=1S/C9H6F2N2O/c1-5-6(2-12)3-13-7(4-14)8(5)9(10)11/h3-4,9H,1H3. The lowest BCUT2D eigenvalue weighted by Crippen LogP contribution is -2.02. The maximum atomic E-state index is 12.5. The van der Waals surface area contributed by atoms with Gasteiger partial charge in [0.1, 0.15) is 11.8 Å². The summed E-state index contributed by atoms with van der Waals surface area (Å²) < 4.78 is 25.0. The number of hydrogen-bond acceptors (Lipinski definition) is 3. The molecule has 3 nitrogen and oxygen atoms in total. The topological polar surface area (TPSA) is 53.8 Å². The molecule has 14 heavy (non-hydrogen) atoms. The van der Waals surface area contributed by atoms with Gasteiger partial charge in [-0.2, -0.15) is 5.26 Å². The Bertz CT molecular complexity index is 410. The van der Waals surface area contributed by atoms with Gasteiger partial charge in [0.25, 0.3) is 6.43 Å². The molecule has 0 bridgehead atoms. The minimum Gasteiger partial charge on any atom is -0.296 e. The fourth-order valence-electron chi connectivity index (χ4n) is 1.12. The largest absolute Gasteiger partial charge is 0.296 e. The Morgan fingerprint density at radius 3 is 2.71 bits per heavy atom. The van der Waals surface area contributed by atoms with Crippen molar-refractivity contribution in [3.05, 3.63) is 28.6 Å². The predicted molar refractivity (Wildman–Crippen MR) is 44.0 cm³/mol. The normalized spacial score (nSPS) is 9.93. The summed E-state index contributed by atoms with van der Waals surface area (Å²) in [6.45, 7) is 1.37. The minimum absolute atomic E-state index is 0.0610. The number of aromatic nitrogens is 1. The molecule has 0 saturated carbocycles. The number of carbonyl (C=O) groups is 1. The summed E-state index contributed by atoms with van der Waals surface area (Å²) in [4.78, 5) is 13.9. The van der Waals surface area contributed by atoms with Gasteiger partial charge in [-0.15, -0.1) is 0 Å². The van der Waals surface area contributed by atoms with Crippen molar-refractivity contribution in [2.75, 3.05) is 0 Å². The number of halogens is 2. The van der Waals surface area contributed by atoms with Crippen LogP contribution in [-0.4, -0.2) is 11.3 Å². The molecule has 0 aliphatic heterocycles. The van der Waals surface area contributed by atoms with Gasteiger partial charge in [-0.1, -0.05) is 0 Å². The maximum Gasteiger partial charge on any atom is 0.266 e. The van der Waals surface area contributed by atoms with Crippen LogP contribution in [0.3, 0.4) is 0 Å². The molecule has 5 heteroatoms. The van der Waals surface area contributed by atoms with E-state index in [1.165, 1.54) is 6.92 Å². The van der Waals surface area contributed by atoms with Gasteiger partial charge in [-0.05, 0) is 12.5 Å². The summed E-state index contributed by atoms with van der Waals surface area (Å²) in [5.74, 6) is 0. The average molecular weight is 196 g/mol. The number of alkyl halides is 2. The fourth-order valence-corrected chi connectivity index (χ4v) is 1.12. The van der Waals surface area contributed by atoms with Crippen LogP contribution in [0, 0.1) is 18.3 Å². The van der Waals surface area contributed by atoms with E-state index in [2.05, 4.69) is 4.98 Å². The van der Waals surface area contributed by atoms with E-state index < -0.39 is 12.0 Å². The summed E-state index contributed by atoms with van der Waals surface area (Å²) in [5.41, 5.74) is -0.596. The first kappa shape index (κ1) is 10.3. The average Bonchev–Trinajstić information content (AvgIpc) is 2.16. The zero-order valence-corrected chi connectivity index (χ0v) is 7.29. The molecule has 0 aliphatic carbocycles. The van der Waals surface area contributed by atoms with Crippen LogP contribution < -0.4 is 0 Å². The summed E-state index contributed by atoms with van der Waals surface area (Å²) in [7, 11) is 0. The van der Waals surface area contributed by atoms with Crippen LogP contribution in [0.5, 0.6) is 0 Å². The van der Waals surface area contributed by atoms with E-state index in [1.54, 1.807) is 6.07 Å². The first-order chi connectivity index (χ1) is 6.61. The third-order valence-corrected chi connectivity index (χ3v) is 1.87. The van der Waals surface area contributed by atoms with Crippen molar-refractivity contribution < 1.29 is 13.6 Å². The van der Waals surface area contributed by atoms with Crippen molar-refractivity contribution in [1.82, 2.24) is 4.98 Å². The smallest absolute Gasteiger partial charge is 0.266 e. The van der Waals surface area contributed by atoms with Crippen LogP contribution in [0.15, 0.2) is 6.20 Å². The second-order valence-electron chi connectivity index (χ2n) is 2.63. The molecule has 1 aromatic rings. The Balaban J connectivity index is 3.48. The van der Waals surface area contributed by atoms with Crippen LogP contribution in [0.1, 0.15) is 33.6 Å². The number of nitriles is 1. The highest BCUT2D eigenvalue weighted by Crippen LogP contribution is 2.26. The predicted octanol–water partition coefficient (Wildman–Crippen LogP) is 2.01. The van der Waals surface area contributed by atoms with Crippen molar-refractivity contribution in [1.29, 1.82) is 5.26 Å². The summed E-state index contributed by atoms with van der Waals surface area (Å²) >= 11 is 0. The molecule has 1 aromatic heterocycles. The molecular weight excluding hydrogens is 190 g/mol. The molecular formula is C9H6F2N2O. The Morgan fingerprint density at radius 1 is 1.64 bits per heavy atom. The molecule has 0 radical (unpaired) electrons. The first-order valence-corrected chi connectivity index (χ1v) is 3.74. The monoisotopic (exact) mass is 196 g/mol. The zero-order valence-electron chi connectivity index (χ0n) is 7.29. The summed E-state index contributed by atoms with van der Waals surface area (Å²) in [6, 6.07) is 1.73. The van der Waals surface area contributed by atoms with Crippen LogP contribution in [0.4, 0.5) is 8.78 Å². The number of rotatable bonds is 2. The molecule has 0 saturated heterocycles. The van der Waals surface area contributed by atoms with E-state index in [-0.39, 0.29) is 23.1 Å². The van der Waals surface area contributed by atoms with Gasteiger partial charge in [0.05, 0.1) is 11.1 Å². The van der Waals surface area contributed by atoms with Crippen molar-refractivity contribution in [3.8, 4) is 6.07 Å². The molecule has 72 valence electrons. The van der Waals surface area contributed by atoms with Gasteiger partial charge < -0.3 is 0 Å². The molecule has 0 aliphatic rings. The maximum absolute atomic E-state index is 12.5. The van der Waals surface area contributed by atoms with Crippen LogP contribution in [-0.2, 0) is 0 Å². The van der Waals surface area contributed by atoms with Crippen molar-refractivity contribution in [2.24, 2.45) is 0 Å². The Labute approximate surface area is 79.0 Å². The fraction of sp³-hybridized carbons (Fsp3) is 0.222. The second kappa shape index (κ2) is 3.92. The summed E-state index contributed by atoms with van der Waals surface area (Å²) in [5, 5.41) is 8.57. The van der Waals surface area contributed by atoms with E-state index in [0.717, 1.165) is 6.20 Å². The van der Waals surface area contributed by atoms with Gasteiger partial charge in [-0.3, -0.25) is 9.78 Å². The highest BCUT2D eigenvalue weighted by atomic mass is 19.3. The molecule has 0 fully saturated rings. The van der Waals surface area contributed by atoms with Crippen molar-refractivity contribution >= 4 is 6.29 Å². The molecule has 0 spiro atoms. The third kappa shape index (κ3) is 1.59. The lowest BCUT2D eigenvalue weighted by Gasteiger charge is -2.07. The Morgan fingerprint density at radius 2 is 2.29 bits per heavy atom. The van der Waals surface area contributed by atoms with E-state index in [0.29, 0.717) is 0 Å². The quantitative estimate of drug-likeness (QED) is 0.680. The van der Waals surface area contributed by atoms with Gasteiger partial charge in [-0.25, -0.2) is 8.78 Å². The number of nitrogens with zero attached hydrogens (tertiary/aromatic N) is 2. The second-order valence-corrected chi connectivity index (χ2v) is 2.63. The van der Waals surface area contributed by atoms with Gasteiger partial charge in [0, 0.05) is 6.20 Å². The SMILES string of the molecule is Cc1c(C#N)cnc(C=O)c1C(F)F. The highest BCUT2D eigenvalue weighted by molar-refractivity contribution is 5.75. The van der Waals surface area contributed by atoms with Gasteiger partial charge >= 0.3 is 0 Å². The Kier molecular flexibility index (Phi) is 2.87. The number of hydrogen-bond donors (Lipinski definition) is 0. The first-order valence-electron chi connectivity index (χ1n) is 3.74. The lowest BCUT2D eigenvalue weighted by atomic mass is 10.0. The number of carbonyl (C=O) groups excluding carboxylic acids is 1. The van der Waals surface area contributed by atoms with Gasteiger partial charge in [0.15, 0.2) is 6.29 Å². The minimum atomic E-state index is -2.80. The molecule has 0 amide bonds. The number of aldehydes is 1. The van der Waals surface area contributed by atoms with Crippen molar-refractivity contribution in [3.63, 3.8) is 0 Å². The third-order valence-electron chi connectivity index (χ3n) is 1.87. The van der Waals surface area contributed by atoms with E-state index in [9.17, 15) is 13.6 Å². The zero-order chi connectivity index (χ0) is 10.7. The van der Waals surface area contributed by atoms with Crippen LogP contribution in [0.2, 0.25) is 0 Å². The van der Waals surface area contributed by atoms with E-state index >= 15 is 0 Å². The molecule has 0 unspecified atom stereocenters. The molecule has 0 atom stereocenters. The molecule has 1 rings (SSSR count). The number of pyridine rings is 1. The molecule has 0 aromatic carbocycles. The molecule has 0 N–H and O–H groups in total. The van der Waals surface area contributed by atoms with E-state index in [1.807, 2.05) is 0 Å². The lowest BCUT2D eigenvalue weighted by molar-refractivity contribution is 0.110. The molecule has 1 heterocycles. The summed E-state index contributed by atoms with van der Waals surface area (Å²) in [6.07, 6.45) is -1.42. The highest BCUT2D eigenvalue weighted by Gasteiger charge is 2.19. The van der Waals surface area contributed by atoms with E-state index in [4.69, 9.17) is 5.26 Å². The van der Waals surface area contributed by atoms with Crippen LogP contribution in [0.25, 0.3) is 0 Å². The van der Waals surface area contributed by atoms with Crippen LogP contribution >= 0.6 is 0 Å². The van der Waals surface area contributed by atoms with Crippen molar-refractivity contribution in [2.45, 2.75) is 13.3 Å².